The number of carboxylic acids is 1. The van der Waals surface area contributed by atoms with Gasteiger partial charge in [0.05, 0.1) is 5.92 Å². The van der Waals surface area contributed by atoms with Crippen molar-refractivity contribution in [2.75, 3.05) is 0 Å². The van der Waals surface area contributed by atoms with E-state index in [1.165, 1.54) is 0 Å². The summed E-state index contributed by atoms with van der Waals surface area (Å²) in [5.74, 6) is -1.17. The highest BCUT2D eigenvalue weighted by molar-refractivity contribution is 5.81. The number of rotatable bonds is 3. The van der Waals surface area contributed by atoms with Gasteiger partial charge in [-0.3, -0.25) is 9.59 Å². The van der Waals surface area contributed by atoms with Gasteiger partial charge in [-0.1, -0.05) is 27.7 Å². The molecule has 2 fully saturated rings. The van der Waals surface area contributed by atoms with Crippen molar-refractivity contribution in [1.29, 1.82) is 0 Å². The molecule has 0 bridgehead atoms. The molecule has 4 heteroatoms. The zero-order valence-corrected chi connectivity index (χ0v) is 11.6. The lowest BCUT2D eigenvalue weighted by Crippen LogP contribution is -2.34. The number of aliphatic carboxylic acids is 1. The van der Waals surface area contributed by atoms with Crippen LogP contribution < -0.4 is 5.32 Å². The minimum absolute atomic E-state index is 0.0439. The summed E-state index contributed by atoms with van der Waals surface area (Å²) in [7, 11) is 0. The first-order valence-corrected chi connectivity index (χ1v) is 6.71. The van der Waals surface area contributed by atoms with Crippen LogP contribution in [0, 0.1) is 22.7 Å². The predicted octanol–water partition coefficient (Wildman–Crippen LogP) is 2.04. The van der Waals surface area contributed by atoms with E-state index in [1.54, 1.807) is 0 Å². The van der Waals surface area contributed by atoms with E-state index in [-0.39, 0.29) is 34.6 Å². The first-order chi connectivity index (χ1) is 8.18. The second-order valence-corrected chi connectivity index (χ2v) is 6.93. The first-order valence-electron chi connectivity index (χ1n) is 6.71. The Morgan fingerprint density at radius 1 is 1.06 bits per heavy atom. The van der Waals surface area contributed by atoms with Crippen LogP contribution in [0.3, 0.4) is 0 Å². The fourth-order valence-corrected chi connectivity index (χ4v) is 3.26. The lowest BCUT2D eigenvalue weighted by Gasteiger charge is -2.12. The zero-order valence-electron chi connectivity index (χ0n) is 11.6. The average molecular weight is 253 g/mol. The van der Waals surface area contributed by atoms with E-state index >= 15 is 0 Å². The van der Waals surface area contributed by atoms with Crippen molar-refractivity contribution in [1.82, 2.24) is 5.32 Å². The van der Waals surface area contributed by atoms with Crippen LogP contribution in [0.4, 0.5) is 0 Å². The molecule has 4 nitrogen and oxygen atoms in total. The van der Waals surface area contributed by atoms with E-state index < -0.39 is 5.97 Å². The van der Waals surface area contributed by atoms with Crippen molar-refractivity contribution in [2.45, 2.75) is 53.0 Å². The maximum Gasteiger partial charge on any atom is 0.306 e. The molecule has 2 atom stereocenters. The van der Waals surface area contributed by atoms with Gasteiger partial charge in [-0.15, -0.1) is 0 Å². The molecule has 0 aromatic heterocycles. The van der Waals surface area contributed by atoms with Gasteiger partial charge in [0.2, 0.25) is 5.91 Å². The Morgan fingerprint density at radius 2 is 1.56 bits per heavy atom. The molecule has 2 aliphatic carbocycles. The van der Waals surface area contributed by atoms with Crippen molar-refractivity contribution in [3.05, 3.63) is 0 Å². The summed E-state index contributed by atoms with van der Waals surface area (Å²) in [5.41, 5.74) is 0.265. The Labute approximate surface area is 108 Å². The third-order valence-corrected chi connectivity index (χ3v) is 5.46. The van der Waals surface area contributed by atoms with Crippen molar-refractivity contribution in [3.8, 4) is 0 Å². The van der Waals surface area contributed by atoms with Crippen LogP contribution in [0.1, 0.15) is 47.0 Å². The van der Waals surface area contributed by atoms with Crippen LogP contribution in [0.15, 0.2) is 0 Å². The molecular formula is C14H23NO3. The molecule has 2 N–H and O–H groups in total. The van der Waals surface area contributed by atoms with Crippen molar-refractivity contribution < 1.29 is 14.7 Å². The standard InChI is InChI=1S/C14H23NO3/c1-13(2)12(14(13,3)4)15-10(16)8-5-6-9(7-8)11(17)18/h8-9,12H,5-7H2,1-4H3,(H,15,16)(H,17,18). The fraction of sp³-hybridized carbons (Fsp3) is 0.857. The topological polar surface area (TPSA) is 66.4 Å². The first kappa shape index (κ1) is 13.4. The zero-order chi connectivity index (χ0) is 13.7. The molecule has 102 valence electrons. The van der Waals surface area contributed by atoms with Crippen LogP contribution >= 0.6 is 0 Å². The summed E-state index contributed by atoms with van der Waals surface area (Å²) < 4.78 is 0. The predicted molar refractivity (Wildman–Crippen MR) is 68.0 cm³/mol. The highest BCUT2D eigenvalue weighted by Crippen LogP contribution is 2.62. The van der Waals surface area contributed by atoms with Gasteiger partial charge in [-0.25, -0.2) is 0 Å². The third-order valence-electron chi connectivity index (χ3n) is 5.46. The molecule has 0 saturated heterocycles. The fourth-order valence-electron chi connectivity index (χ4n) is 3.26. The lowest BCUT2D eigenvalue weighted by molar-refractivity contribution is -0.141. The Balaban J connectivity index is 1.90. The van der Waals surface area contributed by atoms with Gasteiger partial charge >= 0.3 is 5.97 Å². The number of hydrogen-bond donors (Lipinski definition) is 2. The number of hydrogen-bond acceptors (Lipinski definition) is 2. The van der Waals surface area contributed by atoms with E-state index in [0.717, 1.165) is 0 Å². The smallest absolute Gasteiger partial charge is 0.306 e. The van der Waals surface area contributed by atoms with Crippen molar-refractivity contribution in [3.63, 3.8) is 0 Å². The molecule has 1 amide bonds. The monoisotopic (exact) mass is 253 g/mol. The van der Waals surface area contributed by atoms with Gasteiger partial charge in [0.25, 0.3) is 0 Å². The van der Waals surface area contributed by atoms with Gasteiger partial charge in [0, 0.05) is 12.0 Å². The molecule has 0 spiro atoms. The summed E-state index contributed by atoms with van der Waals surface area (Å²) in [6, 6.07) is 0.210. The van der Waals surface area contributed by atoms with Gasteiger partial charge in [0.15, 0.2) is 0 Å². The van der Waals surface area contributed by atoms with Crippen LogP contribution in [-0.2, 0) is 9.59 Å². The Bertz CT molecular complexity index is 373. The second kappa shape index (κ2) is 3.97. The molecule has 0 heterocycles. The number of carboxylic acid groups (broad SMARTS) is 1. The summed E-state index contributed by atoms with van der Waals surface area (Å²) in [6.07, 6.45) is 1.83. The summed E-state index contributed by atoms with van der Waals surface area (Å²) >= 11 is 0. The number of nitrogens with one attached hydrogen (secondary N) is 1. The Hall–Kier alpha value is -1.06. The largest absolute Gasteiger partial charge is 0.481 e. The van der Waals surface area contributed by atoms with E-state index in [2.05, 4.69) is 33.0 Å². The highest BCUT2D eigenvalue weighted by atomic mass is 16.4. The Kier molecular flexibility index (Phi) is 2.95. The van der Waals surface area contributed by atoms with Crippen LogP contribution in [0.2, 0.25) is 0 Å². The average Bonchev–Trinajstić information content (AvgIpc) is 2.68. The molecule has 18 heavy (non-hydrogen) atoms. The molecule has 0 aromatic carbocycles. The molecule has 0 aromatic rings. The minimum Gasteiger partial charge on any atom is -0.481 e. The Morgan fingerprint density at radius 3 is 1.94 bits per heavy atom. The van der Waals surface area contributed by atoms with Crippen molar-refractivity contribution >= 4 is 11.9 Å². The summed E-state index contributed by atoms with van der Waals surface area (Å²) in [6.45, 7) is 8.64. The normalized spacial score (nSPS) is 33.1. The summed E-state index contributed by atoms with van der Waals surface area (Å²) in [4.78, 5) is 23.0. The maximum atomic E-state index is 12.1. The molecule has 2 unspecified atom stereocenters. The molecule has 2 rings (SSSR count). The highest BCUT2D eigenvalue weighted by Gasteiger charge is 2.65. The molecule has 2 saturated carbocycles. The van der Waals surface area contributed by atoms with Crippen LogP contribution in [0.5, 0.6) is 0 Å². The van der Waals surface area contributed by atoms with Gasteiger partial charge in [0.1, 0.15) is 0 Å². The van der Waals surface area contributed by atoms with Gasteiger partial charge < -0.3 is 10.4 Å². The SMILES string of the molecule is CC1(C)C(NC(=O)C2CCC(C(=O)O)C2)C1(C)C. The number of amides is 1. The molecule has 0 aliphatic heterocycles. The van der Waals surface area contributed by atoms with E-state index in [4.69, 9.17) is 5.11 Å². The molecule has 2 aliphatic rings. The van der Waals surface area contributed by atoms with Crippen LogP contribution in [-0.4, -0.2) is 23.0 Å². The molecule has 0 radical (unpaired) electrons. The minimum atomic E-state index is -0.766. The van der Waals surface area contributed by atoms with Crippen LogP contribution in [0.25, 0.3) is 0 Å². The number of carbonyl (C=O) groups excluding carboxylic acids is 1. The quantitative estimate of drug-likeness (QED) is 0.809. The third kappa shape index (κ3) is 1.91. The van der Waals surface area contributed by atoms with E-state index in [9.17, 15) is 9.59 Å². The summed E-state index contributed by atoms with van der Waals surface area (Å²) in [5, 5.41) is 12.0. The van der Waals surface area contributed by atoms with E-state index in [0.29, 0.717) is 19.3 Å². The number of carbonyl (C=O) groups is 2. The lowest BCUT2D eigenvalue weighted by atomic mass is 10.0. The second-order valence-electron chi connectivity index (χ2n) is 6.93. The maximum absolute atomic E-state index is 12.1. The van der Waals surface area contributed by atoms with Gasteiger partial charge in [-0.05, 0) is 30.1 Å². The van der Waals surface area contributed by atoms with Gasteiger partial charge in [-0.2, -0.15) is 0 Å². The molecular weight excluding hydrogens is 230 g/mol. The van der Waals surface area contributed by atoms with Crippen molar-refractivity contribution in [2.24, 2.45) is 22.7 Å². The van der Waals surface area contributed by atoms with E-state index in [1.807, 2.05) is 0 Å².